The van der Waals surface area contributed by atoms with Crippen molar-refractivity contribution in [2.24, 2.45) is 0 Å². The molecule has 35 heavy (non-hydrogen) atoms. The number of benzene rings is 3. The number of piperazine rings is 1. The number of carbonyl (C=O) groups excluding carboxylic acids is 2. The van der Waals surface area contributed by atoms with E-state index in [2.05, 4.69) is 5.32 Å². The number of nitrogens with one attached hydrogen (secondary N) is 1. The average molecular weight is 483 g/mol. The molecule has 0 saturated carbocycles. The van der Waals surface area contributed by atoms with E-state index < -0.39 is 11.7 Å². The molecule has 4 rings (SSSR count). The molecule has 0 spiro atoms. The number of alkyl halides is 3. The Labute approximate surface area is 200 Å². The molecule has 0 aromatic heterocycles. The molecular weight excluding hydrogens is 459 g/mol. The number of hydrogen-bond acceptors (Lipinski definition) is 4. The molecule has 9 heteroatoms. The molecule has 0 atom stereocenters. The molecule has 0 radical (unpaired) electrons. The predicted molar refractivity (Wildman–Crippen MR) is 127 cm³/mol. The maximum atomic E-state index is 13.2. The minimum absolute atomic E-state index is 0.251. The fourth-order valence-electron chi connectivity index (χ4n) is 3.93. The van der Waals surface area contributed by atoms with E-state index in [4.69, 9.17) is 4.74 Å². The molecule has 0 aliphatic carbocycles. The third-order valence-corrected chi connectivity index (χ3v) is 5.86. The zero-order valence-electron chi connectivity index (χ0n) is 19.0. The molecule has 1 saturated heterocycles. The fraction of sp³-hybridized carbons (Fsp3) is 0.231. The Morgan fingerprint density at radius 1 is 0.886 bits per heavy atom. The maximum absolute atomic E-state index is 13.2. The molecule has 6 nitrogen and oxygen atoms in total. The molecule has 1 N–H and O–H groups in total. The molecule has 1 aliphatic heterocycles. The van der Waals surface area contributed by atoms with Crippen LogP contribution in [0.2, 0.25) is 0 Å². The Balaban J connectivity index is 1.43. The van der Waals surface area contributed by atoms with Crippen molar-refractivity contribution in [3.63, 3.8) is 0 Å². The van der Waals surface area contributed by atoms with Gasteiger partial charge in [0.15, 0.2) is 0 Å². The van der Waals surface area contributed by atoms with Gasteiger partial charge in [0.2, 0.25) is 0 Å². The number of anilines is 2. The van der Waals surface area contributed by atoms with Crippen molar-refractivity contribution in [1.82, 2.24) is 4.90 Å². The average Bonchev–Trinajstić information content (AvgIpc) is 2.88. The Morgan fingerprint density at radius 2 is 1.57 bits per heavy atom. The first-order chi connectivity index (χ1) is 16.8. The van der Waals surface area contributed by atoms with Gasteiger partial charge in [-0.25, -0.2) is 0 Å². The van der Waals surface area contributed by atoms with Crippen molar-refractivity contribution in [1.29, 1.82) is 0 Å². The van der Waals surface area contributed by atoms with E-state index in [0.29, 0.717) is 54.4 Å². The van der Waals surface area contributed by atoms with E-state index in [1.807, 2.05) is 4.90 Å². The minimum Gasteiger partial charge on any atom is -0.497 e. The summed E-state index contributed by atoms with van der Waals surface area (Å²) in [6, 6.07) is 18.6. The lowest BCUT2D eigenvalue weighted by Gasteiger charge is -2.36. The number of methoxy groups -OCH3 is 1. The van der Waals surface area contributed by atoms with Crippen LogP contribution in [-0.2, 0) is 6.18 Å². The second kappa shape index (κ2) is 10.1. The summed E-state index contributed by atoms with van der Waals surface area (Å²) in [5.41, 5.74) is 0.928. The summed E-state index contributed by atoms with van der Waals surface area (Å²) < 4.78 is 44.3. The van der Waals surface area contributed by atoms with E-state index in [1.165, 1.54) is 13.2 Å². The van der Waals surface area contributed by atoms with Gasteiger partial charge in [0.1, 0.15) is 5.75 Å². The van der Waals surface area contributed by atoms with E-state index in [-0.39, 0.29) is 11.8 Å². The molecule has 3 aromatic rings. The Hall–Kier alpha value is -4.01. The molecule has 0 bridgehead atoms. The largest absolute Gasteiger partial charge is 0.497 e. The lowest BCUT2D eigenvalue weighted by molar-refractivity contribution is -0.137. The van der Waals surface area contributed by atoms with Crippen LogP contribution in [-0.4, -0.2) is 50.0 Å². The van der Waals surface area contributed by atoms with Crippen molar-refractivity contribution < 1.29 is 27.5 Å². The van der Waals surface area contributed by atoms with Gasteiger partial charge in [-0.2, -0.15) is 13.2 Å². The summed E-state index contributed by atoms with van der Waals surface area (Å²) in [4.78, 5) is 29.4. The summed E-state index contributed by atoms with van der Waals surface area (Å²) in [5.74, 6) is 0.0167. The molecule has 1 aliphatic rings. The molecule has 0 unspecified atom stereocenters. The van der Waals surface area contributed by atoms with Gasteiger partial charge in [0, 0.05) is 37.4 Å². The van der Waals surface area contributed by atoms with Crippen LogP contribution in [0.25, 0.3) is 0 Å². The summed E-state index contributed by atoms with van der Waals surface area (Å²) in [7, 11) is 1.54. The Morgan fingerprint density at radius 3 is 2.23 bits per heavy atom. The van der Waals surface area contributed by atoms with Gasteiger partial charge in [0.25, 0.3) is 11.8 Å². The molecule has 182 valence electrons. The van der Waals surface area contributed by atoms with Crippen molar-refractivity contribution in [3.8, 4) is 5.75 Å². The maximum Gasteiger partial charge on any atom is 0.416 e. The van der Waals surface area contributed by atoms with Crippen LogP contribution in [0.1, 0.15) is 26.3 Å². The smallest absolute Gasteiger partial charge is 0.416 e. The van der Waals surface area contributed by atoms with Gasteiger partial charge in [-0.1, -0.05) is 18.2 Å². The number of amides is 2. The van der Waals surface area contributed by atoms with Crippen LogP contribution in [0.5, 0.6) is 5.75 Å². The van der Waals surface area contributed by atoms with Gasteiger partial charge in [-0.05, 0) is 54.6 Å². The highest BCUT2D eigenvalue weighted by molar-refractivity contribution is 6.09. The van der Waals surface area contributed by atoms with Gasteiger partial charge >= 0.3 is 6.18 Å². The van der Waals surface area contributed by atoms with Crippen LogP contribution >= 0.6 is 0 Å². The summed E-state index contributed by atoms with van der Waals surface area (Å²) in [5, 5.41) is 2.80. The third kappa shape index (κ3) is 5.56. The van der Waals surface area contributed by atoms with Crippen LogP contribution in [0.3, 0.4) is 0 Å². The van der Waals surface area contributed by atoms with Gasteiger partial charge in [0.05, 0.1) is 23.9 Å². The van der Waals surface area contributed by atoms with Crippen molar-refractivity contribution >= 4 is 23.2 Å². The third-order valence-electron chi connectivity index (χ3n) is 5.86. The van der Waals surface area contributed by atoms with Gasteiger partial charge in [-0.3, -0.25) is 9.59 Å². The van der Waals surface area contributed by atoms with Gasteiger partial charge < -0.3 is 19.9 Å². The van der Waals surface area contributed by atoms with Crippen molar-refractivity contribution in [3.05, 3.63) is 89.5 Å². The number of para-hydroxylation sites is 1. The van der Waals surface area contributed by atoms with Crippen LogP contribution in [0, 0.1) is 0 Å². The highest BCUT2D eigenvalue weighted by Gasteiger charge is 2.31. The lowest BCUT2D eigenvalue weighted by atomic mass is 10.1. The van der Waals surface area contributed by atoms with Crippen LogP contribution < -0.4 is 15.0 Å². The SMILES string of the molecule is COc1ccc(C(=O)Nc2ccccc2C(=O)N2CCN(c3cccc(C(F)(F)F)c3)CC2)cc1. The summed E-state index contributed by atoms with van der Waals surface area (Å²) in [6.45, 7) is 1.48. The van der Waals surface area contributed by atoms with Gasteiger partial charge in [-0.15, -0.1) is 0 Å². The first kappa shape index (κ1) is 24.1. The number of rotatable bonds is 5. The number of carbonyl (C=O) groups is 2. The minimum atomic E-state index is -4.41. The van der Waals surface area contributed by atoms with E-state index in [0.717, 1.165) is 12.1 Å². The first-order valence-corrected chi connectivity index (χ1v) is 11.0. The lowest BCUT2D eigenvalue weighted by Crippen LogP contribution is -2.49. The summed E-state index contributed by atoms with van der Waals surface area (Å²) >= 11 is 0. The predicted octanol–water partition coefficient (Wildman–Crippen LogP) is 4.93. The van der Waals surface area contributed by atoms with E-state index in [9.17, 15) is 22.8 Å². The van der Waals surface area contributed by atoms with Crippen LogP contribution in [0.15, 0.2) is 72.8 Å². The zero-order valence-corrected chi connectivity index (χ0v) is 19.0. The van der Waals surface area contributed by atoms with Crippen molar-refractivity contribution in [2.75, 3.05) is 43.5 Å². The summed E-state index contributed by atoms with van der Waals surface area (Å²) in [6.07, 6.45) is -4.41. The monoisotopic (exact) mass is 483 g/mol. The molecule has 3 aromatic carbocycles. The molecule has 1 heterocycles. The Kier molecular flexibility index (Phi) is 6.95. The Bertz CT molecular complexity index is 1200. The topological polar surface area (TPSA) is 61.9 Å². The van der Waals surface area contributed by atoms with E-state index in [1.54, 1.807) is 59.5 Å². The molecule has 2 amide bonds. The normalized spacial score (nSPS) is 13.9. The number of halogens is 3. The fourth-order valence-corrected chi connectivity index (χ4v) is 3.93. The number of hydrogen-bond donors (Lipinski definition) is 1. The highest BCUT2D eigenvalue weighted by atomic mass is 19.4. The molecule has 1 fully saturated rings. The second-order valence-corrected chi connectivity index (χ2v) is 8.06. The van der Waals surface area contributed by atoms with Crippen molar-refractivity contribution in [2.45, 2.75) is 6.18 Å². The number of ether oxygens (including phenoxy) is 1. The number of nitrogens with zero attached hydrogens (tertiary/aromatic N) is 2. The highest BCUT2D eigenvalue weighted by Crippen LogP contribution is 2.32. The quantitative estimate of drug-likeness (QED) is 0.559. The zero-order chi connectivity index (χ0) is 25.0. The second-order valence-electron chi connectivity index (χ2n) is 8.06. The van der Waals surface area contributed by atoms with Crippen LogP contribution in [0.4, 0.5) is 24.5 Å². The van der Waals surface area contributed by atoms with E-state index >= 15 is 0 Å². The first-order valence-electron chi connectivity index (χ1n) is 11.0. The standard InChI is InChI=1S/C26H24F3N3O3/c1-35-21-11-9-18(10-12-21)24(33)30-23-8-3-2-7-22(23)25(34)32-15-13-31(14-16-32)20-6-4-5-19(17-20)26(27,28)29/h2-12,17H,13-16H2,1H3,(H,30,33). The molecular formula is C26H24F3N3O3.